The van der Waals surface area contributed by atoms with Crippen LogP contribution in [-0.2, 0) is 0 Å². The summed E-state index contributed by atoms with van der Waals surface area (Å²) in [4.78, 5) is 3.74. The molecule has 8 heavy (non-hydrogen) atoms. The van der Waals surface area contributed by atoms with E-state index in [9.17, 15) is 0 Å². The Morgan fingerprint density at radius 3 is 3.50 bits per heavy atom. The largest absolute Gasteiger partial charge is 0.387 e. The molecule has 2 N–H and O–H groups in total. The first-order valence-electron chi connectivity index (χ1n) is 2.49. The standard InChI is InChI=1S/C5H8N2O/c8-5-1-2-6-4-7-3-5/h1-2,4-5,8H,3H2,(H,6,7). The molecule has 0 aliphatic carbocycles. The Labute approximate surface area is 47.7 Å². The summed E-state index contributed by atoms with van der Waals surface area (Å²) in [6, 6.07) is 0. The summed E-state index contributed by atoms with van der Waals surface area (Å²) in [6.07, 6.45) is 4.38. The first-order chi connectivity index (χ1) is 3.89. The van der Waals surface area contributed by atoms with Crippen LogP contribution < -0.4 is 5.32 Å². The van der Waals surface area contributed by atoms with E-state index in [0.29, 0.717) is 6.54 Å². The van der Waals surface area contributed by atoms with E-state index in [1.54, 1.807) is 18.6 Å². The van der Waals surface area contributed by atoms with E-state index in [4.69, 9.17) is 5.11 Å². The maximum atomic E-state index is 8.86. The third-order valence-corrected chi connectivity index (χ3v) is 0.887. The number of β-amino-alcohol motifs (C(OH)–C–C–N with tert-alkyl or cyclic N) is 1. The topological polar surface area (TPSA) is 44.6 Å². The molecule has 0 saturated heterocycles. The number of aliphatic hydroxyl groups is 1. The third-order valence-electron chi connectivity index (χ3n) is 0.887. The zero-order chi connectivity index (χ0) is 5.82. The van der Waals surface area contributed by atoms with Gasteiger partial charge in [0.15, 0.2) is 0 Å². The van der Waals surface area contributed by atoms with Crippen molar-refractivity contribution in [1.82, 2.24) is 5.32 Å². The fourth-order valence-electron chi connectivity index (χ4n) is 0.486. The lowest BCUT2D eigenvalue weighted by Crippen LogP contribution is -2.22. The number of nitrogens with zero attached hydrogens (tertiary/aromatic N) is 1. The second-order valence-electron chi connectivity index (χ2n) is 1.60. The maximum absolute atomic E-state index is 8.86. The molecule has 0 aromatic rings. The molecule has 1 heterocycles. The van der Waals surface area contributed by atoms with Gasteiger partial charge >= 0.3 is 0 Å². The van der Waals surface area contributed by atoms with E-state index >= 15 is 0 Å². The van der Waals surface area contributed by atoms with E-state index in [0.717, 1.165) is 0 Å². The Balaban J connectivity index is 2.46. The molecule has 0 aromatic carbocycles. The predicted octanol–water partition coefficient (Wildman–Crippen LogP) is -0.508. The SMILES string of the molecule is OC1C=CN=CNC1. The number of hydrogen-bond acceptors (Lipinski definition) is 3. The Bertz CT molecular complexity index is 120. The second-order valence-corrected chi connectivity index (χ2v) is 1.60. The average Bonchev–Trinajstić information content (AvgIpc) is 1.94. The van der Waals surface area contributed by atoms with Gasteiger partial charge in [-0.3, -0.25) is 0 Å². The quantitative estimate of drug-likeness (QED) is 0.443. The van der Waals surface area contributed by atoms with Crippen LogP contribution >= 0.6 is 0 Å². The lowest BCUT2D eigenvalue weighted by atomic mass is 10.3. The van der Waals surface area contributed by atoms with Gasteiger partial charge in [-0.15, -0.1) is 0 Å². The van der Waals surface area contributed by atoms with Crippen LogP contribution in [-0.4, -0.2) is 24.1 Å². The minimum absolute atomic E-state index is 0.391. The van der Waals surface area contributed by atoms with Gasteiger partial charge in [0.25, 0.3) is 0 Å². The van der Waals surface area contributed by atoms with Gasteiger partial charge in [0.05, 0.1) is 12.4 Å². The molecular formula is C5H8N2O. The van der Waals surface area contributed by atoms with E-state index in [1.807, 2.05) is 0 Å². The van der Waals surface area contributed by atoms with Gasteiger partial charge in [0.1, 0.15) is 0 Å². The maximum Gasteiger partial charge on any atom is 0.0911 e. The molecule has 1 aliphatic rings. The zero-order valence-electron chi connectivity index (χ0n) is 4.41. The van der Waals surface area contributed by atoms with Crippen LogP contribution in [0, 0.1) is 0 Å². The number of hydrogen-bond donors (Lipinski definition) is 2. The number of aliphatic imine (C=N–C) groups is 1. The summed E-state index contributed by atoms with van der Waals surface area (Å²) in [6.45, 7) is 0.556. The summed E-state index contributed by atoms with van der Waals surface area (Å²) in [5, 5.41) is 11.7. The highest BCUT2D eigenvalue weighted by molar-refractivity contribution is 5.55. The van der Waals surface area contributed by atoms with Crippen molar-refractivity contribution in [2.75, 3.05) is 6.54 Å². The van der Waals surface area contributed by atoms with Gasteiger partial charge in [-0.25, -0.2) is 4.99 Å². The van der Waals surface area contributed by atoms with Gasteiger partial charge in [-0.2, -0.15) is 0 Å². The summed E-state index contributed by atoms with van der Waals surface area (Å²) >= 11 is 0. The molecule has 0 amide bonds. The summed E-state index contributed by atoms with van der Waals surface area (Å²) < 4.78 is 0. The summed E-state index contributed by atoms with van der Waals surface area (Å²) in [7, 11) is 0. The van der Waals surface area contributed by atoms with Crippen molar-refractivity contribution in [1.29, 1.82) is 0 Å². The molecule has 3 nitrogen and oxygen atoms in total. The van der Waals surface area contributed by atoms with Crippen LogP contribution in [0.15, 0.2) is 17.3 Å². The van der Waals surface area contributed by atoms with E-state index < -0.39 is 6.10 Å². The highest BCUT2D eigenvalue weighted by Gasteiger charge is 1.96. The monoisotopic (exact) mass is 112 g/mol. The van der Waals surface area contributed by atoms with E-state index in [2.05, 4.69) is 10.3 Å². The molecule has 1 rings (SSSR count). The van der Waals surface area contributed by atoms with Gasteiger partial charge in [0, 0.05) is 12.7 Å². The Morgan fingerprint density at radius 1 is 1.75 bits per heavy atom. The zero-order valence-corrected chi connectivity index (χ0v) is 4.41. The Morgan fingerprint density at radius 2 is 2.62 bits per heavy atom. The number of rotatable bonds is 0. The number of nitrogens with one attached hydrogen (secondary N) is 1. The third kappa shape index (κ3) is 1.35. The first-order valence-corrected chi connectivity index (χ1v) is 2.49. The van der Waals surface area contributed by atoms with Crippen LogP contribution in [0.1, 0.15) is 0 Å². The molecule has 3 heteroatoms. The molecule has 1 atom stereocenters. The Hall–Kier alpha value is -0.830. The van der Waals surface area contributed by atoms with Crippen molar-refractivity contribution in [3.05, 3.63) is 12.3 Å². The molecule has 0 spiro atoms. The molecule has 1 aliphatic heterocycles. The van der Waals surface area contributed by atoms with Gasteiger partial charge < -0.3 is 10.4 Å². The molecule has 1 unspecified atom stereocenters. The van der Waals surface area contributed by atoms with E-state index in [-0.39, 0.29) is 0 Å². The van der Waals surface area contributed by atoms with E-state index in [1.165, 1.54) is 0 Å². The molecule has 44 valence electrons. The van der Waals surface area contributed by atoms with Crippen LogP contribution in [0.3, 0.4) is 0 Å². The van der Waals surface area contributed by atoms with Crippen LogP contribution in [0.2, 0.25) is 0 Å². The average molecular weight is 112 g/mol. The van der Waals surface area contributed by atoms with Crippen molar-refractivity contribution in [3.63, 3.8) is 0 Å². The van der Waals surface area contributed by atoms with Crippen molar-refractivity contribution in [2.24, 2.45) is 4.99 Å². The van der Waals surface area contributed by atoms with Crippen LogP contribution in [0.5, 0.6) is 0 Å². The molecule has 0 fully saturated rings. The first kappa shape index (κ1) is 5.31. The summed E-state index contributed by atoms with van der Waals surface area (Å²) in [5.74, 6) is 0. The Kier molecular flexibility index (Phi) is 1.64. The minimum atomic E-state index is -0.391. The second kappa shape index (κ2) is 2.47. The minimum Gasteiger partial charge on any atom is -0.387 e. The highest BCUT2D eigenvalue weighted by Crippen LogP contribution is 1.86. The van der Waals surface area contributed by atoms with Crippen LogP contribution in [0.25, 0.3) is 0 Å². The van der Waals surface area contributed by atoms with Gasteiger partial charge in [-0.1, -0.05) is 0 Å². The molecule has 0 aromatic heterocycles. The predicted molar refractivity (Wildman–Crippen MR) is 31.6 cm³/mol. The number of aliphatic hydroxyl groups excluding tert-OH is 1. The fraction of sp³-hybridized carbons (Fsp3) is 0.400. The van der Waals surface area contributed by atoms with Crippen molar-refractivity contribution >= 4 is 6.34 Å². The highest BCUT2D eigenvalue weighted by atomic mass is 16.3. The van der Waals surface area contributed by atoms with Crippen LogP contribution in [0.4, 0.5) is 0 Å². The molecular weight excluding hydrogens is 104 g/mol. The van der Waals surface area contributed by atoms with Crippen molar-refractivity contribution in [3.8, 4) is 0 Å². The summed E-state index contributed by atoms with van der Waals surface area (Å²) in [5.41, 5.74) is 0. The molecule has 0 bridgehead atoms. The smallest absolute Gasteiger partial charge is 0.0911 e. The normalized spacial score (nSPS) is 26.9. The fourth-order valence-corrected chi connectivity index (χ4v) is 0.486. The lowest BCUT2D eigenvalue weighted by Gasteiger charge is -1.99. The molecule has 0 radical (unpaired) electrons. The lowest BCUT2D eigenvalue weighted by molar-refractivity contribution is 0.227. The van der Waals surface area contributed by atoms with Crippen molar-refractivity contribution < 1.29 is 5.11 Å². The van der Waals surface area contributed by atoms with Gasteiger partial charge in [0.2, 0.25) is 0 Å². The van der Waals surface area contributed by atoms with Crippen molar-refractivity contribution in [2.45, 2.75) is 6.10 Å². The van der Waals surface area contributed by atoms with Gasteiger partial charge in [-0.05, 0) is 6.08 Å². The molecule has 0 saturated carbocycles.